The van der Waals surface area contributed by atoms with Crippen LogP contribution >= 0.6 is 11.6 Å². The molecule has 2 rings (SSSR count). The zero-order valence-electron chi connectivity index (χ0n) is 13.7. The van der Waals surface area contributed by atoms with E-state index in [0.29, 0.717) is 35.8 Å². The molecule has 126 valence electrons. The molecule has 0 atom stereocenters. The average molecular weight is 338 g/mol. The standard InChI is InChI=1S/C17H24ClN3O2/c1-12(2)10-16(22)20-13-4-5-15(18)14(11-13)17(23)21-8-3-6-19-7-9-21/h4-5,11-12,19H,3,6-10H2,1-2H3,(H,20,22). The van der Waals surface area contributed by atoms with Crippen LogP contribution in [0.25, 0.3) is 0 Å². The molecule has 5 nitrogen and oxygen atoms in total. The maximum absolute atomic E-state index is 12.7. The summed E-state index contributed by atoms with van der Waals surface area (Å²) in [7, 11) is 0. The number of nitrogens with one attached hydrogen (secondary N) is 2. The van der Waals surface area contributed by atoms with Crippen molar-refractivity contribution in [1.82, 2.24) is 10.2 Å². The Hall–Kier alpha value is -1.59. The van der Waals surface area contributed by atoms with Gasteiger partial charge in [-0.05, 0) is 37.1 Å². The highest BCUT2D eigenvalue weighted by molar-refractivity contribution is 6.34. The van der Waals surface area contributed by atoms with Crippen LogP contribution in [0.1, 0.15) is 37.0 Å². The Morgan fingerprint density at radius 2 is 2.09 bits per heavy atom. The van der Waals surface area contributed by atoms with Gasteiger partial charge in [0.05, 0.1) is 10.6 Å². The Morgan fingerprint density at radius 3 is 2.83 bits per heavy atom. The maximum Gasteiger partial charge on any atom is 0.255 e. The fourth-order valence-electron chi connectivity index (χ4n) is 2.57. The number of amides is 2. The summed E-state index contributed by atoms with van der Waals surface area (Å²) in [6, 6.07) is 5.05. The van der Waals surface area contributed by atoms with Gasteiger partial charge in [-0.25, -0.2) is 0 Å². The molecule has 0 aromatic heterocycles. The van der Waals surface area contributed by atoms with Gasteiger partial charge >= 0.3 is 0 Å². The molecule has 2 amide bonds. The lowest BCUT2D eigenvalue weighted by molar-refractivity contribution is -0.116. The molecule has 1 aromatic carbocycles. The quantitative estimate of drug-likeness (QED) is 0.888. The van der Waals surface area contributed by atoms with Crippen molar-refractivity contribution >= 4 is 29.1 Å². The number of benzene rings is 1. The smallest absolute Gasteiger partial charge is 0.255 e. The number of carbonyl (C=O) groups is 2. The Kier molecular flexibility index (Phi) is 6.42. The van der Waals surface area contributed by atoms with E-state index in [2.05, 4.69) is 10.6 Å². The van der Waals surface area contributed by atoms with Crippen molar-refractivity contribution in [1.29, 1.82) is 0 Å². The molecule has 1 fully saturated rings. The average Bonchev–Trinajstić information content (AvgIpc) is 2.76. The summed E-state index contributed by atoms with van der Waals surface area (Å²) in [5.41, 5.74) is 1.05. The van der Waals surface area contributed by atoms with Gasteiger partial charge in [-0.3, -0.25) is 9.59 Å². The molecule has 0 unspecified atom stereocenters. The van der Waals surface area contributed by atoms with Gasteiger partial charge in [0.25, 0.3) is 5.91 Å². The third-order valence-corrected chi connectivity index (χ3v) is 4.03. The Morgan fingerprint density at radius 1 is 1.30 bits per heavy atom. The van der Waals surface area contributed by atoms with Crippen LogP contribution in [0.3, 0.4) is 0 Å². The molecule has 0 aliphatic carbocycles. The molecule has 0 spiro atoms. The van der Waals surface area contributed by atoms with Crippen LogP contribution < -0.4 is 10.6 Å². The molecule has 1 heterocycles. The summed E-state index contributed by atoms with van der Waals surface area (Å²) in [5, 5.41) is 6.51. The highest BCUT2D eigenvalue weighted by Crippen LogP contribution is 2.23. The molecular formula is C17H24ClN3O2. The second kappa shape index (κ2) is 8.31. The summed E-state index contributed by atoms with van der Waals surface area (Å²) < 4.78 is 0. The van der Waals surface area contributed by atoms with Gasteiger partial charge in [0.2, 0.25) is 5.91 Å². The Bertz CT molecular complexity index is 567. The van der Waals surface area contributed by atoms with E-state index in [1.165, 1.54) is 0 Å². The van der Waals surface area contributed by atoms with Gasteiger partial charge in [-0.2, -0.15) is 0 Å². The van der Waals surface area contributed by atoms with E-state index in [4.69, 9.17) is 11.6 Å². The van der Waals surface area contributed by atoms with Crippen molar-refractivity contribution in [2.24, 2.45) is 5.92 Å². The molecular weight excluding hydrogens is 314 g/mol. The van der Waals surface area contributed by atoms with Gasteiger partial charge in [0.1, 0.15) is 0 Å². The fraction of sp³-hybridized carbons (Fsp3) is 0.529. The van der Waals surface area contributed by atoms with Crippen molar-refractivity contribution in [2.45, 2.75) is 26.7 Å². The molecule has 1 aliphatic heterocycles. The fourth-order valence-corrected chi connectivity index (χ4v) is 2.77. The minimum Gasteiger partial charge on any atom is -0.337 e. The second-order valence-electron chi connectivity index (χ2n) is 6.24. The number of hydrogen-bond donors (Lipinski definition) is 2. The first kappa shape index (κ1) is 17.8. The van der Waals surface area contributed by atoms with Crippen LogP contribution in [0.15, 0.2) is 18.2 Å². The number of halogens is 1. The first-order chi connectivity index (χ1) is 11.0. The predicted octanol–water partition coefficient (Wildman–Crippen LogP) is 2.76. The maximum atomic E-state index is 12.7. The molecule has 1 aromatic rings. The second-order valence-corrected chi connectivity index (χ2v) is 6.64. The molecule has 23 heavy (non-hydrogen) atoms. The van der Waals surface area contributed by atoms with Crippen molar-refractivity contribution in [3.05, 3.63) is 28.8 Å². The number of rotatable bonds is 4. The number of nitrogens with zero attached hydrogens (tertiary/aromatic N) is 1. The van der Waals surface area contributed by atoms with E-state index < -0.39 is 0 Å². The lowest BCUT2D eigenvalue weighted by Crippen LogP contribution is -2.34. The Balaban J connectivity index is 2.13. The van der Waals surface area contributed by atoms with Crippen molar-refractivity contribution < 1.29 is 9.59 Å². The van der Waals surface area contributed by atoms with E-state index in [1.54, 1.807) is 23.1 Å². The van der Waals surface area contributed by atoms with E-state index in [0.717, 1.165) is 19.5 Å². The molecule has 1 saturated heterocycles. The van der Waals surface area contributed by atoms with E-state index in [9.17, 15) is 9.59 Å². The predicted molar refractivity (Wildman–Crippen MR) is 92.9 cm³/mol. The molecule has 2 N–H and O–H groups in total. The summed E-state index contributed by atoms with van der Waals surface area (Å²) >= 11 is 6.20. The van der Waals surface area contributed by atoms with Gasteiger partial charge in [0, 0.05) is 31.7 Å². The zero-order valence-corrected chi connectivity index (χ0v) is 14.4. The van der Waals surface area contributed by atoms with Crippen molar-refractivity contribution in [3.8, 4) is 0 Å². The van der Waals surface area contributed by atoms with E-state index in [1.807, 2.05) is 13.8 Å². The van der Waals surface area contributed by atoms with Gasteiger partial charge < -0.3 is 15.5 Å². The number of hydrogen-bond acceptors (Lipinski definition) is 3. The summed E-state index contributed by atoms with van der Waals surface area (Å²) in [5.74, 6) is 0.145. The highest BCUT2D eigenvalue weighted by Gasteiger charge is 2.20. The first-order valence-electron chi connectivity index (χ1n) is 8.06. The normalized spacial score (nSPS) is 15.4. The lowest BCUT2D eigenvalue weighted by atomic mass is 10.1. The van der Waals surface area contributed by atoms with Crippen LogP contribution in [0.5, 0.6) is 0 Å². The Labute approximate surface area is 142 Å². The van der Waals surface area contributed by atoms with Crippen LogP contribution in [0.4, 0.5) is 5.69 Å². The molecule has 6 heteroatoms. The number of carbonyl (C=O) groups excluding carboxylic acids is 2. The third-order valence-electron chi connectivity index (χ3n) is 3.70. The third kappa shape index (κ3) is 5.22. The van der Waals surface area contributed by atoms with E-state index in [-0.39, 0.29) is 17.7 Å². The minimum atomic E-state index is -0.0846. The molecule has 0 radical (unpaired) electrons. The summed E-state index contributed by atoms with van der Waals surface area (Å²) in [4.78, 5) is 26.4. The summed E-state index contributed by atoms with van der Waals surface area (Å²) in [6.45, 7) is 7.07. The molecule has 0 saturated carbocycles. The largest absolute Gasteiger partial charge is 0.337 e. The van der Waals surface area contributed by atoms with Crippen LogP contribution in [-0.4, -0.2) is 42.9 Å². The molecule has 0 bridgehead atoms. The molecule has 1 aliphatic rings. The van der Waals surface area contributed by atoms with Crippen LogP contribution in [0.2, 0.25) is 5.02 Å². The van der Waals surface area contributed by atoms with Gasteiger partial charge in [-0.1, -0.05) is 25.4 Å². The van der Waals surface area contributed by atoms with Crippen molar-refractivity contribution in [3.63, 3.8) is 0 Å². The SMILES string of the molecule is CC(C)CC(=O)Nc1ccc(Cl)c(C(=O)N2CCCNCC2)c1. The monoisotopic (exact) mass is 337 g/mol. The lowest BCUT2D eigenvalue weighted by Gasteiger charge is -2.21. The topological polar surface area (TPSA) is 61.4 Å². The van der Waals surface area contributed by atoms with Crippen LogP contribution in [-0.2, 0) is 4.79 Å². The number of anilines is 1. The van der Waals surface area contributed by atoms with Crippen molar-refractivity contribution in [2.75, 3.05) is 31.5 Å². The minimum absolute atomic E-state index is 0.0558. The van der Waals surface area contributed by atoms with Gasteiger partial charge in [0.15, 0.2) is 0 Å². The van der Waals surface area contributed by atoms with Crippen LogP contribution in [0, 0.1) is 5.92 Å². The summed E-state index contributed by atoms with van der Waals surface area (Å²) in [6.07, 6.45) is 1.37. The highest BCUT2D eigenvalue weighted by atomic mass is 35.5. The first-order valence-corrected chi connectivity index (χ1v) is 8.44. The van der Waals surface area contributed by atoms with E-state index >= 15 is 0 Å². The zero-order chi connectivity index (χ0) is 16.8. The van der Waals surface area contributed by atoms with Gasteiger partial charge in [-0.15, -0.1) is 0 Å².